The van der Waals surface area contributed by atoms with Crippen LogP contribution in [0, 0.1) is 23.7 Å². The average Bonchev–Trinajstić information content (AvgIpc) is 3.19. The van der Waals surface area contributed by atoms with Crippen LogP contribution >= 0.6 is 0 Å². The lowest BCUT2D eigenvalue weighted by molar-refractivity contribution is -0.170. The van der Waals surface area contributed by atoms with E-state index < -0.39 is 53.6 Å². The van der Waals surface area contributed by atoms with Gasteiger partial charge in [0.1, 0.15) is 29.0 Å². The Morgan fingerprint density at radius 2 is 1.72 bits per heavy atom. The first-order chi connectivity index (χ1) is 27.8. The molecule has 6 N–H and O–H groups in total. The van der Waals surface area contributed by atoms with Crippen molar-refractivity contribution in [3.63, 3.8) is 0 Å². The van der Waals surface area contributed by atoms with Crippen molar-refractivity contribution in [2.75, 3.05) is 25.5 Å². The summed E-state index contributed by atoms with van der Waals surface area (Å²) in [6.07, 6.45) is 2.05. The fourth-order valence-corrected chi connectivity index (χ4v) is 8.89. The summed E-state index contributed by atoms with van der Waals surface area (Å²) >= 11 is 0. The number of aliphatic hydroxyl groups is 3. The topological polar surface area (TPSA) is 175 Å². The van der Waals surface area contributed by atoms with E-state index in [-0.39, 0.29) is 55.6 Å². The van der Waals surface area contributed by atoms with Crippen molar-refractivity contribution in [1.82, 2.24) is 5.32 Å². The van der Waals surface area contributed by atoms with Gasteiger partial charge in [0, 0.05) is 60.7 Å². The third kappa shape index (κ3) is 9.32. The minimum atomic E-state index is -1.60. The summed E-state index contributed by atoms with van der Waals surface area (Å²) in [6.45, 7) is 3.88. The smallest absolute Gasteiger partial charge is 0.334 e. The minimum absolute atomic E-state index is 0.0329. The molecule has 3 aromatic rings. The molecule has 0 spiro atoms. The van der Waals surface area contributed by atoms with E-state index in [1.165, 1.54) is 6.07 Å². The molecule has 3 aliphatic heterocycles. The van der Waals surface area contributed by atoms with Crippen LogP contribution < -0.4 is 15.4 Å². The zero-order valence-corrected chi connectivity index (χ0v) is 33.4. The number of allylic oxidation sites excluding steroid dienone is 1. The normalized spacial score (nSPS) is 27.9. The maximum absolute atomic E-state index is 14.7. The Bertz CT molecular complexity index is 2150. The van der Waals surface area contributed by atoms with Crippen LogP contribution in [0.1, 0.15) is 104 Å². The number of benzene rings is 3. The van der Waals surface area contributed by atoms with E-state index in [4.69, 9.17) is 9.47 Å². The van der Waals surface area contributed by atoms with Crippen molar-refractivity contribution >= 4 is 23.4 Å². The van der Waals surface area contributed by atoms with Gasteiger partial charge in [-0.05, 0) is 111 Å². The van der Waals surface area contributed by atoms with E-state index in [1.54, 1.807) is 27.0 Å². The van der Waals surface area contributed by atoms with Crippen molar-refractivity contribution < 1.29 is 44.3 Å². The standard InChI is InChI=1S/C47H54N2O9/c1-27(50)25-49-38-19-33(17-35(20-38)42(53)26-48-3)30-10-11-31-23-45(54)57-43-24-41(52)36(21-39(31)43)22-44-47(2,56)37-12-13-40(51)34(18-37)15-29-8-4-6-28(14-29)7-5-9-32(16-30)46(55)58-44/h4,6,8-9,14,17,19-21,24,27,30-31,34,37,42,44,48-50,52-53,56H,5,7,12-13,15-16,18,22-23,25-26H2,1-3H3/b32-9-/t27-,30-,31+,34-,37+,42-,44+,47-/m0/s1. The van der Waals surface area contributed by atoms with Crippen molar-refractivity contribution in [3.8, 4) is 23.3 Å². The van der Waals surface area contributed by atoms with Crippen molar-refractivity contribution in [1.29, 1.82) is 0 Å². The van der Waals surface area contributed by atoms with Crippen LogP contribution in [0.2, 0.25) is 0 Å². The van der Waals surface area contributed by atoms with Gasteiger partial charge in [-0.3, -0.25) is 9.59 Å². The molecule has 0 radical (unpaired) electrons. The summed E-state index contributed by atoms with van der Waals surface area (Å²) < 4.78 is 12.0. The molecular formula is C47H54N2O9. The number of aliphatic hydroxyl groups excluding tert-OH is 2. The number of phenols is 1. The number of ketones is 1. The zero-order valence-electron chi connectivity index (χ0n) is 33.4. The number of fused-ring (bicyclic) bond motifs is 8. The van der Waals surface area contributed by atoms with Crippen LogP contribution in [0.4, 0.5) is 5.69 Å². The average molecular weight is 791 g/mol. The van der Waals surface area contributed by atoms with Gasteiger partial charge in [0.25, 0.3) is 0 Å². The molecule has 58 heavy (non-hydrogen) atoms. The van der Waals surface area contributed by atoms with E-state index in [0.717, 1.165) is 11.1 Å². The number of anilines is 1. The number of carbonyl (C=O) groups excluding carboxylic acids is 3. The molecule has 3 heterocycles. The van der Waals surface area contributed by atoms with E-state index in [1.807, 2.05) is 42.5 Å². The highest BCUT2D eigenvalue weighted by molar-refractivity contribution is 5.89. The first-order valence-electron chi connectivity index (χ1n) is 20.5. The molecule has 306 valence electrons. The third-order valence-corrected chi connectivity index (χ3v) is 12.3. The Balaban J connectivity index is 1.40. The zero-order chi connectivity index (χ0) is 41.1. The van der Waals surface area contributed by atoms with Gasteiger partial charge >= 0.3 is 11.9 Å². The number of nitrogens with one attached hydrogen (secondary N) is 2. The summed E-state index contributed by atoms with van der Waals surface area (Å²) in [5.41, 5.74) is 3.82. The number of phenolic OH excluding ortho intramolecular Hbond substituents is 1. The molecule has 7 rings (SSSR count). The fraction of sp³-hybridized carbons (Fsp3) is 0.468. The van der Waals surface area contributed by atoms with Crippen LogP contribution in [0.15, 0.2) is 66.2 Å². The van der Waals surface area contributed by atoms with Crippen LogP contribution in [0.25, 0.3) is 0 Å². The second kappa shape index (κ2) is 17.5. The van der Waals surface area contributed by atoms with Crippen LogP contribution in [0.3, 0.4) is 0 Å². The lowest BCUT2D eigenvalue weighted by Gasteiger charge is -2.42. The summed E-state index contributed by atoms with van der Waals surface area (Å²) in [5, 5.41) is 51.5. The first-order valence-corrected chi connectivity index (χ1v) is 20.5. The van der Waals surface area contributed by atoms with E-state index in [2.05, 4.69) is 28.5 Å². The molecule has 3 aromatic carbocycles. The Kier molecular flexibility index (Phi) is 12.4. The lowest BCUT2D eigenvalue weighted by atomic mass is 9.68. The van der Waals surface area contributed by atoms with Gasteiger partial charge in [-0.15, -0.1) is 0 Å². The number of hydrogen-bond donors (Lipinski definition) is 6. The molecule has 0 unspecified atom stereocenters. The van der Waals surface area contributed by atoms with Crippen molar-refractivity contribution in [2.45, 2.75) is 107 Å². The minimum Gasteiger partial charge on any atom is -0.508 e. The molecule has 1 saturated carbocycles. The number of likely N-dealkylation sites (N-methyl/N-ethyl adjacent to an activating group) is 1. The summed E-state index contributed by atoms with van der Waals surface area (Å²) in [4.78, 5) is 41.0. The van der Waals surface area contributed by atoms with E-state index in [0.29, 0.717) is 72.0 Å². The molecule has 11 heteroatoms. The quantitative estimate of drug-likeness (QED) is 0.104. The number of carbonyl (C=O) groups is 3. The second-order valence-electron chi connectivity index (χ2n) is 16.7. The lowest BCUT2D eigenvalue weighted by Crippen LogP contribution is -2.52. The van der Waals surface area contributed by atoms with Gasteiger partial charge in [-0.2, -0.15) is 0 Å². The molecule has 8 atom stereocenters. The number of rotatable bonds is 7. The summed E-state index contributed by atoms with van der Waals surface area (Å²) in [7, 11) is 1.75. The number of esters is 2. The van der Waals surface area contributed by atoms with E-state index in [9.17, 15) is 34.8 Å². The molecule has 1 aliphatic carbocycles. The Labute approximate surface area is 339 Å². The number of aryl methyl sites for hydroxylation is 1. The van der Waals surface area contributed by atoms with Crippen LogP contribution in [-0.2, 0) is 38.4 Å². The summed E-state index contributed by atoms with van der Waals surface area (Å²) in [6, 6.07) is 16.9. The number of aromatic hydroxyl groups is 1. The van der Waals surface area contributed by atoms with Crippen molar-refractivity contribution in [3.05, 3.63) is 99.6 Å². The molecule has 0 aromatic heterocycles. The van der Waals surface area contributed by atoms with Crippen molar-refractivity contribution in [2.24, 2.45) is 11.8 Å². The van der Waals surface area contributed by atoms with Gasteiger partial charge in [-0.1, -0.05) is 48.2 Å². The molecule has 0 amide bonds. The predicted molar refractivity (Wildman–Crippen MR) is 218 cm³/mol. The Morgan fingerprint density at radius 3 is 2.52 bits per heavy atom. The first kappa shape index (κ1) is 41.2. The molecule has 0 saturated heterocycles. The Hall–Kier alpha value is -4.99. The maximum atomic E-state index is 14.7. The molecule has 11 nitrogen and oxygen atoms in total. The number of Topliss-reactive ketones (excluding diaryl/α,β-unsaturated/α-hetero) is 1. The molecule has 8 bridgehead atoms. The summed E-state index contributed by atoms with van der Waals surface area (Å²) in [5.74, 6) is 3.87. The number of hydrogen-bond acceptors (Lipinski definition) is 11. The van der Waals surface area contributed by atoms with Gasteiger partial charge in [0.15, 0.2) is 0 Å². The highest BCUT2D eigenvalue weighted by Gasteiger charge is 2.46. The second-order valence-corrected chi connectivity index (χ2v) is 16.7. The van der Waals surface area contributed by atoms with E-state index >= 15 is 0 Å². The van der Waals surface area contributed by atoms with Gasteiger partial charge in [-0.25, -0.2) is 4.79 Å². The maximum Gasteiger partial charge on any atom is 0.334 e. The third-order valence-electron chi connectivity index (χ3n) is 12.3. The van der Waals surface area contributed by atoms with Crippen LogP contribution in [0.5, 0.6) is 11.5 Å². The predicted octanol–water partition coefficient (Wildman–Crippen LogP) is 5.33. The monoisotopic (exact) mass is 790 g/mol. The van der Waals surface area contributed by atoms with Crippen LogP contribution in [-0.4, -0.2) is 76.1 Å². The highest BCUT2D eigenvalue weighted by Crippen LogP contribution is 2.43. The van der Waals surface area contributed by atoms with Gasteiger partial charge < -0.3 is 40.5 Å². The highest BCUT2D eigenvalue weighted by atomic mass is 16.6. The SMILES string of the molecule is CNC[C@H](O)c1cc(NC[C@H](C)O)cc([C@H]2C#C[C@@H]3CC(=O)Oc4cc(O)c(cc43)C[C@H]3OC(=O)/C(=C\CCc4cccc(c4)C[C@H]4C[C@@H](CCC4=O)[C@]3(C)O)C2)c1. The largest absolute Gasteiger partial charge is 0.508 e. The Morgan fingerprint density at radius 1 is 0.931 bits per heavy atom. The molecule has 1 fully saturated rings. The molecular weight excluding hydrogens is 737 g/mol. The fourth-order valence-electron chi connectivity index (χ4n) is 8.89. The van der Waals surface area contributed by atoms with Gasteiger partial charge in [0.05, 0.1) is 24.5 Å². The van der Waals surface area contributed by atoms with Gasteiger partial charge in [0.2, 0.25) is 0 Å². The number of ether oxygens (including phenoxy) is 2. The molecule has 4 aliphatic rings.